The monoisotopic (exact) mass is 539 g/mol. The smallest absolute Gasteiger partial charge is 0.326 e. The maximum absolute atomic E-state index is 13.8. The molecule has 1 aliphatic rings. The Kier molecular flexibility index (Phi) is 6.79. The average molecular weight is 540 g/mol. The van der Waals surface area contributed by atoms with Crippen LogP contribution in [0.15, 0.2) is 71.8 Å². The average Bonchev–Trinajstić information content (AvgIpc) is 3.55. The number of rotatable bonds is 7. The molecule has 1 atom stereocenters. The lowest BCUT2D eigenvalue weighted by atomic mass is 9.91. The molecule has 3 aromatic heterocycles. The summed E-state index contributed by atoms with van der Waals surface area (Å²) < 4.78 is 15.0. The number of ether oxygens (including phenoxy) is 2. The number of likely N-dealkylation sites (tertiary alicyclic amines) is 1. The van der Waals surface area contributed by atoms with E-state index in [0.29, 0.717) is 24.6 Å². The van der Waals surface area contributed by atoms with Crippen LogP contribution in [0.4, 0.5) is 0 Å². The highest BCUT2D eigenvalue weighted by atomic mass is 16.5. The fraction of sp³-hybridized carbons (Fsp3) is 0.323. The van der Waals surface area contributed by atoms with Gasteiger partial charge in [-0.05, 0) is 67.3 Å². The first-order valence-corrected chi connectivity index (χ1v) is 13.6. The fourth-order valence-corrected chi connectivity index (χ4v) is 5.90. The van der Waals surface area contributed by atoms with Gasteiger partial charge in [-0.2, -0.15) is 0 Å². The highest BCUT2D eigenvalue weighted by molar-refractivity contribution is 5.78. The molecule has 0 spiro atoms. The maximum atomic E-state index is 13.8. The molecule has 1 aliphatic heterocycles. The number of nitrogens with one attached hydrogen (secondary N) is 1. The normalized spacial score (nSPS) is 15.0. The summed E-state index contributed by atoms with van der Waals surface area (Å²) in [6.45, 7) is 3.22. The van der Waals surface area contributed by atoms with Crippen LogP contribution < -0.4 is 15.2 Å². The van der Waals surface area contributed by atoms with E-state index >= 15 is 0 Å². The van der Waals surface area contributed by atoms with Gasteiger partial charge in [-0.3, -0.25) is 9.36 Å². The lowest BCUT2D eigenvalue weighted by molar-refractivity contribution is -0.132. The van der Waals surface area contributed by atoms with Crippen molar-refractivity contribution >= 4 is 22.6 Å². The molecule has 6 rings (SSSR count). The van der Waals surface area contributed by atoms with E-state index in [1.165, 1.54) is 0 Å². The van der Waals surface area contributed by atoms with Gasteiger partial charge in [-0.15, -0.1) is 0 Å². The van der Waals surface area contributed by atoms with Crippen molar-refractivity contribution in [1.29, 1.82) is 0 Å². The Hall–Kier alpha value is -4.53. The number of para-hydroxylation sites is 2. The Balaban J connectivity index is 1.27. The van der Waals surface area contributed by atoms with E-state index in [2.05, 4.69) is 9.97 Å². The Bertz CT molecular complexity index is 1720. The molecule has 4 heterocycles. The summed E-state index contributed by atoms with van der Waals surface area (Å²) in [6, 6.07) is 17.6. The molecule has 206 valence electrons. The number of piperidine rings is 1. The third-order valence-corrected chi connectivity index (χ3v) is 8.02. The predicted molar refractivity (Wildman–Crippen MR) is 153 cm³/mol. The number of benzene rings is 2. The van der Waals surface area contributed by atoms with Crippen molar-refractivity contribution in [2.24, 2.45) is 0 Å². The summed E-state index contributed by atoms with van der Waals surface area (Å²) in [5, 5.41) is 0. The Morgan fingerprint density at radius 2 is 1.77 bits per heavy atom. The highest BCUT2D eigenvalue weighted by Crippen LogP contribution is 2.35. The fourth-order valence-electron chi connectivity index (χ4n) is 5.90. The first-order chi connectivity index (χ1) is 19.4. The molecule has 1 N–H and O–H groups in total. The largest absolute Gasteiger partial charge is 0.497 e. The third kappa shape index (κ3) is 4.72. The van der Waals surface area contributed by atoms with Gasteiger partial charge in [0.2, 0.25) is 5.91 Å². The number of methoxy groups -OCH3 is 2. The van der Waals surface area contributed by atoms with Crippen LogP contribution in [-0.2, 0) is 4.79 Å². The molecule has 0 radical (unpaired) electrons. The Morgan fingerprint density at radius 1 is 1.05 bits per heavy atom. The number of pyridine rings is 1. The van der Waals surface area contributed by atoms with Gasteiger partial charge < -0.3 is 23.8 Å². The van der Waals surface area contributed by atoms with Gasteiger partial charge in [0.15, 0.2) is 0 Å². The van der Waals surface area contributed by atoms with Gasteiger partial charge in [-0.25, -0.2) is 9.78 Å². The molecular weight excluding hydrogens is 506 g/mol. The van der Waals surface area contributed by atoms with Crippen LogP contribution in [0.25, 0.3) is 16.7 Å². The molecule has 0 saturated carbocycles. The number of hydrogen-bond acceptors (Lipinski definition) is 5. The first kappa shape index (κ1) is 25.7. The zero-order chi connectivity index (χ0) is 27.8. The summed E-state index contributed by atoms with van der Waals surface area (Å²) in [5.74, 6) is 1.14. The van der Waals surface area contributed by atoms with E-state index in [1.54, 1.807) is 14.2 Å². The minimum Gasteiger partial charge on any atom is -0.497 e. The lowest BCUT2D eigenvalue weighted by Crippen LogP contribution is -2.41. The van der Waals surface area contributed by atoms with Crippen molar-refractivity contribution < 1.29 is 14.3 Å². The van der Waals surface area contributed by atoms with E-state index < -0.39 is 0 Å². The second-order valence-electron chi connectivity index (χ2n) is 10.4. The van der Waals surface area contributed by atoms with Crippen LogP contribution in [0.2, 0.25) is 0 Å². The van der Waals surface area contributed by atoms with Crippen LogP contribution >= 0.6 is 0 Å². The van der Waals surface area contributed by atoms with Crippen molar-refractivity contribution in [3.8, 4) is 11.5 Å². The highest BCUT2D eigenvalue weighted by Gasteiger charge is 2.30. The number of imidazole rings is 2. The second kappa shape index (κ2) is 10.6. The predicted octanol–water partition coefficient (Wildman–Crippen LogP) is 4.69. The molecule has 1 fully saturated rings. The molecule has 1 saturated heterocycles. The zero-order valence-electron chi connectivity index (χ0n) is 23.0. The summed E-state index contributed by atoms with van der Waals surface area (Å²) in [4.78, 5) is 36.0. The van der Waals surface area contributed by atoms with Gasteiger partial charge in [0.25, 0.3) is 0 Å². The number of carbonyl (C=O) groups is 1. The number of hydrogen-bond donors (Lipinski definition) is 1. The minimum atomic E-state index is -0.261. The molecular formula is C31H33N5O4. The molecule has 0 aliphatic carbocycles. The van der Waals surface area contributed by atoms with Crippen LogP contribution in [0.5, 0.6) is 11.5 Å². The quantitative estimate of drug-likeness (QED) is 0.324. The zero-order valence-corrected chi connectivity index (χ0v) is 23.0. The molecule has 9 heteroatoms. The first-order valence-electron chi connectivity index (χ1n) is 13.6. The molecule has 1 amide bonds. The van der Waals surface area contributed by atoms with E-state index in [9.17, 15) is 9.59 Å². The summed E-state index contributed by atoms with van der Waals surface area (Å²) in [5.41, 5.74) is 5.47. The van der Waals surface area contributed by atoms with Crippen molar-refractivity contribution in [2.45, 2.75) is 38.1 Å². The number of carbonyl (C=O) groups excluding carboxylic acids is 1. The molecule has 40 heavy (non-hydrogen) atoms. The van der Waals surface area contributed by atoms with Gasteiger partial charge >= 0.3 is 5.69 Å². The van der Waals surface area contributed by atoms with E-state index in [-0.39, 0.29) is 30.0 Å². The van der Waals surface area contributed by atoms with Crippen LogP contribution in [0.1, 0.15) is 48.0 Å². The topological polar surface area (TPSA) is 93.9 Å². The standard InChI is InChI=1S/C31H33N5O4/c1-20-8-13-35-28(19-32-29(35)14-20)25(21-15-23(39-2)17-24(16-21)40-3)18-30(37)34-11-9-22(10-12-34)36-27-7-5-4-6-26(27)33-31(36)38/h4-8,13-17,19,22,25H,9-12,18H2,1-3H3,(H,33,38). The van der Waals surface area contributed by atoms with Gasteiger partial charge in [0.1, 0.15) is 17.1 Å². The van der Waals surface area contributed by atoms with E-state index in [4.69, 9.17) is 9.47 Å². The number of fused-ring (bicyclic) bond motifs is 2. The summed E-state index contributed by atoms with van der Waals surface area (Å²) >= 11 is 0. The van der Waals surface area contributed by atoms with Crippen LogP contribution in [0.3, 0.4) is 0 Å². The number of H-pyrrole nitrogens is 1. The summed E-state index contributed by atoms with van der Waals surface area (Å²) in [6.07, 6.45) is 5.58. The molecule has 5 aromatic rings. The van der Waals surface area contributed by atoms with Crippen molar-refractivity contribution in [3.63, 3.8) is 0 Å². The van der Waals surface area contributed by atoms with Crippen LogP contribution in [-0.4, -0.2) is 57.1 Å². The molecule has 1 unspecified atom stereocenters. The van der Waals surface area contributed by atoms with E-state index in [1.807, 2.05) is 87.8 Å². The van der Waals surface area contributed by atoms with Gasteiger partial charge in [-0.1, -0.05) is 12.1 Å². The number of aromatic amines is 1. The van der Waals surface area contributed by atoms with Crippen LogP contribution in [0, 0.1) is 6.92 Å². The Labute approximate surface area is 232 Å². The maximum Gasteiger partial charge on any atom is 0.326 e. The lowest BCUT2D eigenvalue weighted by Gasteiger charge is -2.33. The number of amides is 1. The van der Waals surface area contributed by atoms with Crippen molar-refractivity contribution in [2.75, 3.05) is 27.3 Å². The summed E-state index contributed by atoms with van der Waals surface area (Å²) in [7, 11) is 3.25. The minimum absolute atomic E-state index is 0.0492. The van der Waals surface area contributed by atoms with E-state index in [0.717, 1.165) is 46.3 Å². The Morgan fingerprint density at radius 3 is 2.50 bits per heavy atom. The second-order valence-corrected chi connectivity index (χ2v) is 10.4. The van der Waals surface area contributed by atoms with Gasteiger partial charge in [0, 0.05) is 49.9 Å². The molecule has 0 bridgehead atoms. The molecule has 9 nitrogen and oxygen atoms in total. The number of aryl methyl sites for hydroxylation is 1. The SMILES string of the molecule is COc1cc(OC)cc(C(CC(=O)N2CCC(n3c(=O)[nH]c4ccccc43)CC2)c2cnc3cc(C)ccn23)c1. The molecule has 2 aromatic carbocycles. The van der Waals surface area contributed by atoms with Crippen molar-refractivity contribution in [1.82, 2.24) is 23.8 Å². The third-order valence-electron chi connectivity index (χ3n) is 8.02. The van der Waals surface area contributed by atoms with Gasteiger partial charge in [0.05, 0.1) is 30.9 Å². The van der Waals surface area contributed by atoms with Crippen molar-refractivity contribution in [3.05, 3.63) is 94.3 Å². The number of nitrogens with zero attached hydrogens (tertiary/aromatic N) is 4. The number of aromatic nitrogens is 4.